The van der Waals surface area contributed by atoms with Gasteiger partial charge in [0.2, 0.25) is 0 Å². The van der Waals surface area contributed by atoms with Gasteiger partial charge in [0, 0.05) is 27.8 Å². The highest BCUT2D eigenvalue weighted by Crippen LogP contribution is 2.47. The summed E-state index contributed by atoms with van der Waals surface area (Å²) in [5.41, 5.74) is 7.22. The molecule has 8 aromatic carbocycles. The number of hydrogen-bond donors (Lipinski definition) is 0. The van der Waals surface area contributed by atoms with E-state index in [-0.39, 0.29) is 0 Å². The van der Waals surface area contributed by atoms with Crippen molar-refractivity contribution in [3.63, 3.8) is 0 Å². The van der Waals surface area contributed by atoms with Gasteiger partial charge in [-0.3, -0.25) is 9.88 Å². The average Bonchev–Trinajstić information content (AvgIpc) is 3.13. The highest BCUT2D eigenvalue weighted by molar-refractivity contribution is 6.28. The zero-order chi connectivity index (χ0) is 30.5. The molecule has 0 saturated carbocycles. The van der Waals surface area contributed by atoms with Gasteiger partial charge in [-0.05, 0) is 82.2 Å². The van der Waals surface area contributed by atoms with E-state index in [4.69, 9.17) is 9.97 Å². The van der Waals surface area contributed by atoms with Gasteiger partial charge in [0.25, 0.3) is 0 Å². The molecule has 0 amide bonds. The van der Waals surface area contributed by atoms with Crippen LogP contribution in [0.1, 0.15) is 0 Å². The Morgan fingerprint density at radius 3 is 1.35 bits per heavy atom. The minimum atomic E-state index is 0.778. The monoisotopic (exact) mass is 588 g/mol. The van der Waals surface area contributed by atoms with E-state index in [1.807, 2.05) is 36.5 Å². The lowest BCUT2D eigenvalue weighted by atomic mass is 9.92. The second-order valence-electron chi connectivity index (χ2n) is 11.5. The van der Waals surface area contributed by atoms with Crippen LogP contribution in [0.5, 0.6) is 0 Å². The predicted octanol–water partition coefficient (Wildman–Crippen LogP) is 11.5. The summed E-state index contributed by atoms with van der Waals surface area (Å²) in [4.78, 5) is 14.5. The molecule has 0 spiro atoms. The van der Waals surface area contributed by atoms with Crippen LogP contribution >= 0.6 is 0 Å². The molecule has 1 aromatic heterocycles. The molecule has 4 heteroatoms. The Bertz CT molecular complexity index is 2440. The number of nitrogens with zero attached hydrogens (tertiary/aromatic N) is 4. The number of anilines is 6. The topological polar surface area (TPSA) is 32.3 Å². The third-order valence-corrected chi connectivity index (χ3v) is 8.81. The molecule has 0 radical (unpaired) electrons. The standard InChI is InChI=1S/C42H28N4/c1-4-12-31(13-5-1)45(32-14-6-2-7-15-32)38-26-22-29-21-25-35-39(27-23-30-20-24-34(38)41(29)42(30)35)46(33-16-8-3-9-17-33)40-28-43-36-18-10-11-19-37(36)44-40/h1-28H. The molecular weight excluding hydrogens is 560 g/mol. The number of benzene rings is 8. The second-order valence-corrected chi connectivity index (χ2v) is 11.5. The van der Waals surface area contributed by atoms with Crippen molar-refractivity contribution in [3.8, 4) is 0 Å². The second kappa shape index (κ2) is 10.7. The van der Waals surface area contributed by atoms with Gasteiger partial charge in [-0.1, -0.05) is 103 Å². The van der Waals surface area contributed by atoms with Crippen molar-refractivity contribution in [2.24, 2.45) is 0 Å². The van der Waals surface area contributed by atoms with E-state index in [1.54, 1.807) is 0 Å². The van der Waals surface area contributed by atoms with Crippen molar-refractivity contribution in [2.75, 3.05) is 9.80 Å². The first kappa shape index (κ1) is 26.2. The van der Waals surface area contributed by atoms with Crippen LogP contribution in [-0.4, -0.2) is 9.97 Å². The van der Waals surface area contributed by atoms with Gasteiger partial charge >= 0.3 is 0 Å². The summed E-state index contributed by atoms with van der Waals surface area (Å²) >= 11 is 0. The first-order valence-corrected chi connectivity index (χ1v) is 15.5. The minimum absolute atomic E-state index is 0.778. The van der Waals surface area contributed by atoms with E-state index in [0.717, 1.165) is 50.7 Å². The van der Waals surface area contributed by atoms with Gasteiger partial charge in [-0.2, -0.15) is 0 Å². The first-order chi connectivity index (χ1) is 22.8. The van der Waals surface area contributed by atoms with Crippen LogP contribution in [0.4, 0.5) is 34.3 Å². The van der Waals surface area contributed by atoms with E-state index >= 15 is 0 Å². The molecule has 0 aliphatic heterocycles. The maximum Gasteiger partial charge on any atom is 0.156 e. The molecule has 9 rings (SSSR count). The van der Waals surface area contributed by atoms with Crippen LogP contribution in [0.15, 0.2) is 170 Å². The van der Waals surface area contributed by atoms with Crippen LogP contribution in [0.2, 0.25) is 0 Å². The normalized spacial score (nSPS) is 11.5. The van der Waals surface area contributed by atoms with Crippen LogP contribution in [-0.2, 0) is 0 Å². The Balaban J connectivity index is 1.32. The SMILES string of the molecule is c1ccc(N(c2ccccc2)c2ccc3ccc4c(N(c5ccccc5)c5cnc6ccccc6n5)ccc5ccc2c3c54)cc1. The average molecular weight is 589 g/mol. The van der Waals surface area contributed by atoms with E-state index < -0.39 is 0 Å². The minimum Gasteiger partial charge on any atom is -0.310 e. The number of fused-ring (bicyclic) bond motifs is 1. The largest absolute Gasteiger partial charge is 0.310 e. The van der Waals surface area contributed by atoms with Crippen molar-refractivity contribution in [1.29, 1.82) is 0 Å². The molecule has 0 aliphatic carbocycles. The summed E-state index contributed by atoms with van der Waals surface area (Å²) in [7, 11) is 0. The van der Waals surface area contributed by atoms with Crippen molar-refractivity contribution in [3.05, 3.63) is 170 Å². The van der Waals surface area contributed by atoms with Crippen molar-refractivity contribution in [1.82, 2.24) is 9.97 Å². The van der Waals surface area contributed by atoms with Crippen molar-refractivity contribution in [2.45, 2.75) is 0 Å². The first-order valence-electron chi connectivity index (χ1n) is 15.5. The molecule has 46 heavy (non-hydrogen) atoms. The Morgan fingerprint density at radius 1 is 0.370 bits per heavy atom. The molecule has 216 valence electrons. The van der Waals surface area contributed by atoms with Gasteiger partial charge < -0.3 is 4.90 Å². The van der Waals surface area contributed by atoms with Crippen LogP contribution in [0.3, 0.4) is 0 Å². The zero-order valence-corrected chi connectivity index (χ0v) is 25.0. The van der Waals surface area contributed by atoms with E-state index in [1.165, 1.54) is 26.9 Å². The number of para-hydroxylation sites is 5. The maximum absolute atomic E-state index is 5.10. The van der Waals surface area contributed by atoms with Gasteiger partial charge in [0.05, 0.1) is 28.6 Å². The van der Waals surface area contributed by atoms with Crippen LogP contribution in [0, 0.1) is 0 Å². The maximum atomic E-state index is 5.10. The lowest BCUT2D eigenvalue weighted by Crippen LogP contribution is -2.13. The van der Waals surface area contributed by atoms with Gasteiger partial charge in [-0.15, -0.1) is 0 Å². The fourth-order valence-electron chi connectivity index (χ4n) is 6.77. The Kier molecular flexibility index (Phi) is 6.10. The molecule has 0 fully saturated rings. The van der Waals surface area contributed by atoms with Crippen LogP contribution in [0.25, 0.3) is 43.4 Å². The number of aromatic nitrogens is 2. The molecule has 0 saturated heterocycles. The van der Waals surface area contributed by atoms with E-state index in [0.29, 0.717) is 0 Å². The molecule has 0 aliphatic rings. The Labute approximate surface area is 266 Å². The summed E-state index contributed by atoms with van der Waals surface area (Å²) in [5, 5.41) is 7.29. The lowest BCUT2D eigenvalue weighted by Gasteiger charge is -2.28. The summed E-state index contributed by atoms with van der Waals surface area (Å²) in [5.74, 6) is 0.778. The lowest BCUT2D eigenvalue weighted by molar-refractivity contribution is 1.18. The molecule has 4 nitrogen and oxygen atoms in total. The quantitative estimate of drug-likeness (QED) is 0.181. The summed E-state index contributed by atoms with van der Waals surface area (Å²) in [6, 6.07) is 57.7. The molecule has 0 N–H and O–H groups in total. The Morgan fingerprint density at radius 2 is 0.804 bits per heavy atom. The van der Waals surface area contributed by atoms with E-state index in [9.17, 15) is 0 Å². The van der Waals surface area contributed by atoms with E-state index in [2.05, 4.69) is 143 Å². The molecule has 1 heterocycles. The molecule has 0 atom stereocenters. The molecule has 0 unspecified atom stereocenters. The molecular formula is C42H28N4. The third-order valence-electron chi connectivity index (χ3n) is 8.81. The summed E-state index contributed by atoms with van der Waals surface area (Å²) in [6.45, 7) is 0. The highest BCUT2D eigenvalue weighted by Gasteiger charge is 2.22. The number of hydrogen-bond acceptors (Lipinski definition) is 4. The predicted molar refractivity (Wildman–Crippen MR) is 193 cm³/mol. The Hall–Kier alpha value is -6.26. The van der Waals surface area contributed by atoms with Gasteiger partial charge in [0.15, 0.2) is 5.82 Å². The fourth-order valence-corrected chi connectivity index (χ4v) is 6.77. The fraction of sp³-hybridized carbons (Fsp3) is 0. The van der Waals surface area contributed by atoms with Crippen molar-refractivity contribution < 1.29 is 0 Å². The summed E-state index contributed by atoms with van der Waals surface area (Å²) in [6.07, 6.45) is 1.88. The summed E-state index contributed by atoms with van der Waals surface area (Å²) < 4.78 is 0. The van der Waals surface area contributed by atoms with Gasteiger partial charge in [0.1, 0.15) is 0 Å². The number of rotatable bonds is 6. The third kappa shape index (κ3) is 4.23. The zero-order valence-electron chi connectivity index (χ0n) is 25.0. The van der Waals surface area contributed by atoms with Crippen LogP contribution < -0.4 is 9.80 Å². The van der Waals surface area contributed by atoms with Crippen molar-refractivity contribution >= 4 is 77.6 Å². The molecule has 9 aromatic rings. The smallest absolute Gasteiger partial charge is 0.156 e. The van der Waals surface area contributed by atoms with Gasteiger partial charge in [-0.25, -0.2) is 4.98 Å². The molecule has 0 bridgehead atoms. The highest BCUT2D eigenvalue weighted by atomic mass is 15.2.